The van der Waals surface area contributed by atoms with Crippen molar-refractivity contribution in [1.82, 2.24) is 0 Å². The molecule has 0 amide bonds. The maximum Gasteiger partial charge on any atom is 0.270 e. The number of carbonyl (C=O) groups excluding carboxylic acids is 1. The molecule has 114 valence electrons. The Labute approximate surface area is 129 Å². The van der Waals surface area contributed by atoms with Crippen LogP contribution in [0.2, 0.25) is 0 Å². The molecular formula is C17H17NO4. The molecule has 2 aromatic carbocycles. The van der Waals surface area contributed by atoms with Gasteiger partial charge < -0.3 is 5.11 Å². The molecule has 1 N–H and O–H groups in total. The first kappa shape index (κ1) is 14.4. The number of carbonyl (C=O) groups is 1. The zero-order chi connectivity index (χ0) is 16.8. The molecule has 0 heterocycles. The van der Waals surface area contributed by atoms with Crippen LogP contribution >= 0.6 is 0 Å². The lowest BCUT2D eigenvalue weighted by Crippen LogP contribution is -2.14. The number of ketones is 1. The third-order valence-corrected chi connectivity index (χ3v) is 3.24. The summed E-state index contributed by atoms with van der Waals surface area (Å²) >= 11 is 0. The number of nitro benzene ring substituents is 1. The summed E-state index contributed by atoms with van der Waals surface area (Å²) in [6, 6.07) is 14.7. The minimum atomic E-state index is -1.12. The summed E-state index contributed by atoms with van der Waals surface area (Å²) in [6.45, 7) is 0. The minimum absolute atomic E-state index is 0.169. The summed E-state index contributed by atoms with van der Waals surface area (Å²) in [7, 11) is 0. The molecule has 2 atom stereocenters. The van der Waals surface area contributed by atoms with Crippen LogP contribution in [0, 0.1) is 10.1 Å². The van der Waals surface area contributed by atoms with Crippen molar-refractivity contribution in [2.45, 2.75) is 25.3 Å². The van der Waals surface area contributed by atoms with E-state index in [1.807, 2.05) is 30.3 Å². The van der Waals surface area contributed by atoms with Gasteiger partial charge in [0.05, 0.1) is 11.0 Å². The van der Waals surface area contributed by atoms with Crippen molar-refractivity contribution in [3.05, 3.63) is 75.8 Å². The highest BCUT2D eigenvalue weighted by Crippen LogP contribution is 2.16. The van der Waals surface area contributed by atoms with Crippen LogP contribution in [0.3, 0.4) is 0 Å². The van der Waals surface area contributed by atoms with Crippen LogP contribution in [0.4, 0.5) is 5.69 Å². The van der Waals surface area contributed by atoms with Crippen molar-refractivity contribution in [3.63, 3.8) is 0 Å². The van der Waals surface area contributed by atoms with Crippen LogP contribution in [0.1, 0.15) is 30.1 Å². The Balaban J connectivity index is 1.99. The van der Waals surface area contributed by atoms with E-state index in [0.717, 1.165) is 5.56 Å². The number of rotatable bonds is 7. The summed E-state index contributed by atoms with van der Waals surface area (Å²) in [5.41, 5.74) is 0.913. The molecule has 0 aliphatic heterocycles. The predicted molar refractivity (Wildman–Crippen MR) is 82.8 cm³/mol. The van der Waals surface area contributed by atoms with E-state index >= 15 is 0 Å². The van der Waals surface area contributed by atoms with E-state index in [-0.39, 0.29) is 17.7 Å². The zero-order valence-corrected chi connectivity index (χ0v) is 11.9. The van der Waals surface area contributed by atoms with Crippen molar-refractivity contribution in [2.24, 2.45) is 0 Å². The summed E-state index contributed by atoms with van der Waals surface area (Å²) in [6.07, 6.45) is -1.85. The van der Waals surface area contributed by atoms with E-state index in [1.54, 1.807) is 0 Å². The molecule has 0 fully saturated rings. The fraction of sp³-hybridized carbons (Fsp3) is 0.235. The van der Waals surface area contributed by atoms with E-state index in [2.05, 4.69) is 0 Å². The quantitative estimate of drug-likeness (QED) is 0.484. The Morgan fingerprint density at radius 2 is 1.95 bits per heavy atom. The first-order valence-corrected chi connectivity index (χ1v) is 6.89. The molecule has 0 bridgehead atoms. The van der Waals surface area contributed by atoms with E-state index < -0.39 is 23.2 Å². The van der Waals surface area contributed by atoms with Gasteiger partial charge in [0.25, 0.3) is 5.69 Å². The highest BCUT2D eigenvalue weighted by molar-refractivity contribution is 5.96. The molecule has 0 radical (unpaired) electrons. The van der Waals surface area contributed by atoms with Gasteiger partial charge in [0.1, 0.15) is 0 Å². The second kappa shape index (κ2) is 7.47. The topological polar surface area (TPSA) is 80.4 Å². The monoisotopic (exact) mass is 300 g/mol. The Morgan fingerprint density at radius 1 is 1.23 bits per heavy atom. The summed E-state index contributed by atoms with van der Waals surface area (Å²) in [4.78, 5) is 22.3. The molecule has 0 aliphatic carbocycles. The van der Waals surface area contributed by atoms with Gasteiger partial charge in [-0.25, -0.2) is 0 Å². The lowest BCUT2D eigenvalue weighted by molar-refractivity contribution is -0.384. The number of nitrogens with zero attached hydrogens (tertiary/aromatic N) is 1. The van der Waals surface area contributed by atoms with Crippen molar-refractivity contribution in [1.29, 1.82) is 0 Å². The third kappa shape index (κ3) is 4.49. The van der Waals surface area contributed by atoms with Crippen molar-refractivity contribution in [3.8, 4) is 0 Å². The van der Waals surface area contributed by atoms with Crippen molar-refractivity contribution < 1.29 is 16.2 Å². The second-order valence-corrected chi connectivity index (χ2v) is 4.93. The number of nitro groups is 1. The molecule has 5 nitrogen and oxygen atoms in total. The minimum Gasteiger partial charge on any atom is -0.393 e. The molecular weight excluding hydrogens is 282 g/mol. The lowest BCUT2D eigenvalue weighted by atomic mass is 10.00. The Morgan fingerprint density at radius 3 is 2.64 bits per heavy atom. The Bertz CT molecular complexity index is 690. The Hall–Kier alpha value is -2.53. The number of hydrogen-bond acceptors (Lipinski definition) is 4. The molecule has 0 unspecified atom stereocenters. The van der Waals surface area contributed by atoms with E-state index in [1.165, 1.54) is 24.3 Å². The maximum atomic E-state index is 12.1. The van der Waals surface area contributed by atoms with Crippen LogP contribution in [0.15, 0.2) is 54.6 Å². The van der Waals surface area contributed by atoms with E-state index in [9.17, 15) is 20.0 Å². The van der Waals surface area contributed by atoms with Crippen LogP contribution in [0.5, 0.6) is 0 Å². The van der Waals surface area contributed by atoms with Crippen molar-refractivity contribution >= 4 is 11.5 Å². The standard InChI is InChI=1S/C17H17NO4/c19-16(10-9-13-5-2-1-3-6-13)12-17(20)14-7-4-8-15(11-14)18(21)22/h1-8,11,16,19H,9-10,12H2/t16-/m0/s1/i10D/t10-,16-. The molecule has 0 aliphatic rings. The number of aliphatic hydroxyl groups is 1. The van der Waals surface area contributed by atoms with Gasteiger partial charge >= 0.3 is 0 Å². The van der Waals surface area contributed by atoms with Gasteiger partial charge in [-0.1, -0.05) is 42.5 Å². The van der Waals surface area contributed by atoms with Gasteiger partial charge in [0.2, 0.25) is 0 Å². The molecule has 0 spiro atoms. The molecule has 0 saturated carbocycles. The Kier molecular flexibility index (Phi) is 4.89. The van der Waals surface area contributed by atoms with E-state index in [4.69, 9.17) is 1.37 Å². The smallest absolute Gasteiger partial charge is 0.270 e. The largest absolute Gasteiger partial charge is 0.393 e. The predicted octanol–water partition coefficient (Wildman–Crippen LogP) is 3.16. The molecule has 0 aromatic heterocycles. The number of aryl methyl sites for hydroxylation is 1. The van der Waals surface area contributed by atoms with Gasteiger partial charge in [-0.15, -0.1) is 0 Å². The van der Waals surface area contributed by atoms with Gasteiger partial charge in [0, 0.05) is 25.5 Å². The normalized spacial score (nSPS) is 14.0. The van der Waals surface area contributed by atoms with Crippen LogP contribution in [0.25, 0.3) is 0 Å². The van der Waals surface area contributed by atoms with Crippen LogP contribution in [-0.2, 0) is 6.42 Å². The van der Waals surface area contributed by atoms with Gasteiger partial charge in [-0.3, -0.25) is 14.9 Å². The van der Waals surface area contributed by atoms with E-state index in [0.29, 0.717) is 6.42 Å². The highest BCUT2D eigenvalue weighted by Gasteiger charge is 2.15. The van der Waals surface area contributed by atoms with Crippen LogP contribution in [-0.4, -0.2) is 21.9 Å². The van der Waals surface area contributed by atoms with Gasteiger partial charge in [0.15, 0.2) is 5.78 Å². The summed E-state index contributed by atoms with van der Waals surface area (Å²) < 4.78 is 7.97. The summed E-state index contributed by atoms with van der Waals surface area (Å²) in [5, 5.41) is 20.8. The molecule has 2 rings (SSSR count). The summed E-state index contributed by atoms with van der Waals surface area (Å²) in [5.74, 6) is -0.411. The second-order valence-electron chi connectivity index (χ2n) is 4.93. The average molecular weight is 300 g/mol. The fourth-order valence-electron chi connectivity index (χ4n) is 2.07. The number of Topliss-reactive ketones (excluding diaryl/α,β-unsaturated/α-hetero) is 1. The van der Waals surface area contributed by atoms with Gasteiger partial charge in [-0.05, 0) is 18.4 Å². The van der Waals surface area contributed by atoms with Crippen molar-refractivity contribution in [2.75, 3.05) is 0 Å². The lowest BCUT2D eigenvalue weighted by Gasteiger charge is -2.10. The SMILES string of the molecule is [2H][C@@H](Cc1ccccc1)[C@H](O)CC(=O)c1cccc([N+](=O)[O-])c1. The maximum absolute atomic E-state index is 12.1. The molecule has 0 saturated heterocycles. The fourth-order valence-corrected chi connectivity index (χ4v) is 2.07. The number of benzene rings is 2. The number of non-ortho nitro benzene ring substituents is 1. The average Bonchev–Trinajstić information content (AvgIpc) is 2.55. The first-order chi connectivity index (χ1) is 11.0. The number of aliphatic hydroxyl groups excluding tert-OH is 1. The zero-order valence-electron chi connectivity index (χ0n) is 12.9. The molecule has 2 aromatic rings. The molecule has 22 heavy (non-hydrogen) atoms. The highest BCUT2D eigenvalue weighted by atomic mass is 16.6. The van der Waals surface area contributed by atoms with Gasteiger partial charge in [-0.2, -0.15) is 0 Å². The first-order valence-electron chi connectivity index (χ1n) is 7.47. The number of hydrogen-bond donors (Lipinski definition) is 1. The third-order valence-electron chi connectivity index (χ3n) is 3.24. The molecule has 5 heteroatoms. The van der Waals surface area contributed by atoms with Crippen LogP contribution < -0.4 is 0 Å².